The van der Waals surface area contributed by atoms with Crippen LogP contribution in [0.4, 0.5) is 0 Å². The van der Waals surface area contributed by atoms with Crippen LogP contribution < -0.4 is 10.1 Å². The average molecular weight is 289 g/mol. The number of carboxylic acid groups (broad SMARTS) is 1. The molecule has 5 nitrogen and oxygen atoms in total. The maximum absolute atomic E-state index is 12.4. The van der Waals surface area contributed by atoms with E-state index in [1.54, 1.807) is 0 Å². The molecule has 1 atom stereocenters. The molecule has 0 spiro atoms. The lowest BCUT2D eigenvalue weighted by Gasteiger charge is -2.38. The van der Waals surface area contributed by atoms with Crippen LogP contribution in [0.15, 0.2) is 24.3 Å². The second-order valence-electron chi connectivity index (χ2n) is 5.88. The molecule has 1 unspecified atom stereocenters. The Morgan fingerprint density at radius 2 is 2.10 bits per heavy atom. The molecule has 21 heavy (non-hydrogen) atoms. The molecule has 0 radical (unpaired) electrons. The third-order valence-electron chi connectivity index (χ3n) is 4.64. The molecule has 2 aliphatic rings. The van der Waals surface area contributed by atoms with Gasteiger partial charge in [-0.1, -0.05) is 24.6 Å². The molecule has 1 saturated carbocycles. The number of carbonyl (C=O) groups excluding carboxylic acids is 1. The number of hydrogen-bond acceptors (Lipinski definition) is 3. The van der Waals surface area contributed by atoms with E-state index in [2.05, 4.69) is 5.32 Å². The minimum atomic E-state index is -0.804. The Morgan fingerprint density at radius 1 is 1.33 bits per heavy atom. The van der Waals surface area contributed by atoms with Crippen molar-refractivity contribution >= 4 is 11.9 Å². The first kappa shape index (κ1) is 13.9. The largest absolute Gasteiger partial charge is 0.493 e. The van der Waals surface area contributed by atoms with Crippen LogP contribution in [0.5, 0.6) is 5.75 Å². The number of hydrogen-bond donors (Lipinski definition) is 2. The van der Waals surface area contributed by atoms with Gasteiger partial charge in [-0.15, -0.1) is 0 Å². The lowest BCUT2D eigenvalue weighted by Crippen LogP contribution is -2.48. The van der Waals surface area contributed by atoms with Gasteiger partial charge in [-0.05, 0) is 25.3 Å². The highest BCUT2D eigenvalue weighted by Crippen LogP contribution is 2.41. The van der Waals surface area contributed by atoms with Gasteiger partial charge in [-0.25, -0.2) is 0 Å². The number of aliphatic carboxylic acids is 1. The second kappa shape index (κ2) is 5.39. The smallest absolute Gasteiger partial charge is 0.311 e. The van der Waals surface area contributed by atoms with Crippen LogP contribution >= 0.6 is 0 Å². The van der Waals surface area contributed by atoms with Gasteiger partial charge in [0.25, 0.3) is 0 Å². The third kappa shape index (κ3) is 2.48. The minimum absolute atomic E-state index is 0.0988. The van der Waals surface area contributed by atoms with Crippen LogP contribution in [0.3, 0.4) is 0 Å². The van der Waals surface area contributed by atoms with Crippen molar-refractivity contribution in [2.45, 2.75) is 31.6 Å². The van der Waals surface area contributed by atoms with E-state index < -0.39 is 11.4 Å². The van der Waals surface area contributed by atoms with E-state index in [1.807, 2.05) is 24.3 Å². The maximum atomic E-state index is 12.4. The number of nitrogens with one attached hydrogen (secondary N) is 1. The monoisotopic (exact) mass is 289 g/mol. The molecule has 1 heterocycles. The van der Waals surface area contributed by atoms with Crippen molar-refractivity contribution < 1.29 is 19.4 Å². The normalized spacial score (nSPS) is 22.4. The lowest BCUT2D eigenvalue weighted by molar-refractivity contribution is -0.154. The number of carbonyl (C=O) groups is 2. The maximum Gasteiger partial charge on any atom is 0.311 e. The molecule has 1 aromatic carbocycles. The fourth-order valence-corrected chi connectivity index (χ4v) is 3.06. The zero-order valence-electron chi connectivity index (χ0n) is 11.8. The van der Waals surface area contributed by atoms with Crippen molar-refractivity contribution in [2.24, 2.45) is 5.41 Å². The van der Waals surface area contributed by atoms with Crippen LogP contribution in [-0.2, 0) is 9.59 Å². The summed E-state index contributed by atoms with van der Waals surface area (Å²) in [5.41, 5.74) is 0.139. The highest BCUT2D eigenvalue weighted by Gasteiger charge is 2.44. The summed E-state index contributed by atoms with van der Waals surface area (Å²) in [6.45, 7) is 0.736. The van der Waals surface area contributed by atoms with E-state index in [-0.39, 0.29) is 18.4 Å². The summed E-state index contributed by atoms with van der Waals surface area (Å²) in [4.78, 5) is 23.7. The Kier molecular flexibility index (Phi) is 3.57. The average Bonchev–Trinajstić information content (AvgIpc) is 2.45. The topological polar surface area (TPSA) is 75.6 Å². The second-order valence-corrected chi connectivity index (χ2v) is 5.88. The Balaban J connectivity index is 1.68. The van der Waals surface area contributed by atoms with E-state index >= 15 is 0 Å². The molecule has 1 fully saturated rings. The number of amides is 1. The van der Waals surface area contributed by atoms with E-state index in [1.165, 1.54) is 0 Å². The summed E-state index contributed by atoms with van der Waals surface area (Å²) in [5.74, 6) is -0.402. The molecular formula is C16H19NO4. The summed E-state index contributed by atoms with van der Waals surface area (Å²) in [6, 6.07) is 7.53. The first-order valence-corrected chi connectivity index (χ1v) is 7.35. The Morgan fingerprint density at radius 3 is 2.76 bits per heavy atom. The number of benzene rings is 1. The van der Waals surface area contributed by atoms with Crippen molar-refractivity contribution in [1.29, 1.82) is 0 Å². The van der Waals surface area contributed by atoms with Crippen molar-refractivity contribution in [2.75, 3.05) is 13.2 Å². The molecule has 112 valence electrons. The molecule has 1 amide bonds. The zero-order chi connectivity index (χ0) is 14.9. The fraction of sp³-hybridized carbons (Fsp3) is 0.500. The number of ether oxygens (including phenoxy) is 1. The molecule has 1 aromatic rings. The van der Waals surface area contributed by atoms with Crippen LogP contribution in [0.25, 0.3) is 0 Å². The standard InChI is InChI=1S/C16H19NO4/c18-14(17-10-16(15(19)20)7-3-8-16)12-6-9-21-13-5-2-1-4-11(12)13/h1-2,4-5,12H,3,6-10H2,(H,17,18)(H,19,20). The lowest BCUT2D eigenvalue weighted by atomic mass is 9.68. The van der Waals surface area contributed by atoms with Gasteiger partial charge in [0.05, 0.1) is 17.9 Å². The van der Waals surface area contributed by atoms with Gasteiger partial charge in [0.1, 0.15) is 5.75 Å². The number of rotatable bonds is 4. The predicted molar refractivity (Wildman–Crippen MR) is 76.2 cm³/mol. The molecule has 0 bridgehead atoms. The molecule has 0 saturated heterocycles. The van der Waals surface area contributed by atoms with Gasteiger partial charge in [-0.3, -0.25) is 9.59 Å². The number of fused-ring (bicyclic) bond motifs is 1. The Bertz CT molecular complexity index is 565. The summed E-state index contributed by atoms with van der Waals surface area (Å²) in [5, 5.41) is 12.1. The highest BCUT2D eigenvalue weighted by atomic mass is 16.5. The van der Waals surface area contributed by atoms with Crippen LogP contribution in [-0.4, -0.2) is 30.1 Å². The summed E-state index contributed by atoms with van der Waals surface area (Å²) in [7, 11) is 0. The van der Waals surface area contributed by atoms with Gasteiger partial charge in [-0.2, -0.15) is 0 Å². The molecular weight excluding hydrogens is 270 g/mol. The van der Waals surface area contributed by atoms with Crippen molar-refractivity contribution in [3.63, 3.8) is 0 Å². The highest BCUT2D eigenvalue weighted by molar-refractivity contribution is 5.85. The first-order valence-electron chi connectivity index (χ1n) is 7.35. The predicted octanol–water partition coefficient (Wildman–Crippen LogP) is 1.92. The summed E-state index contributed by atoms with van der Waals surface area (Å²) < 4.78 is 5.55. The molecule has 0 aromatic heterocycles. The molecule has 3 rings (SSSR count). The van der Waals surface area contributed by atoms with Crippen molar-refractivity contribution in [3.05, 3.63) is 29.8 Å². The van der Waals surface area contributed by atoms with Gasteiger partial charge >= 0.3 is 5.97 Å². The molecule has 2 N–H and O–H groups in total. The van der Waals surface area contributed by atoms with E-state index in [0.717, 1.165) is 17.7 Å². The first-order chi connectivity index (χ1) is 10.1. The van der Waals surface area contributed by atoms with Gasteiger partial charge in [0.15, 0.2) is 0 Å². The third-order valence-corrected chi connectivity index (χ3v) is 4.64. The van der Waals surface area contributed by atoms with Gasteiger partial charge < -0.3 is 15.2 Å². The quantitative estimate of drug-likeness (QED) is 0.888. The van der Waals surface area contributed by atoms with Crippen molar-refractivity contribution in [1.82, 2.24) is 5.32 Å². The summed E-state index contributed by atoms with van der Waals surface area (Å²) in [6.07, 6.45) is 2.84. The minimum Gasteiger partial charge on any atom is -0.493 e. The molecule has 5 heteroatoms. The molecule has 1 aliphatic carbocycles. The summed E-state index contributed by atoms with van der Waals surface area (Å²) >= 11 is 0. The van der Waals surface area contributed by atoms with Crippen LogP contribution in [0.1, 0.15) is 37.2 Å². The van der Waals surface area contributed by atoms with E-state index in [4.69, 9.17) is 4.74 Å². The van der Waals surface area contributed by atoms with Crippen molar-refractivity contribution in [3.8, 4) is 5.75 Å². The Labute approximate surface area is 123 Å². The van der Waals surface area contributed by atoms with Crippen LogP contribution in [0.2, 0.25) is 0 Å². The van der Waals surface area contributed by atoms with Crippen LogP contribution in [0, 0.1) is 5.41 Å². The SMILES string of the molecule is O=C(NCC1(C(=O)O)CCC1)C1CCOc2ccccc21. The number of para-hydroxylation sites is 1. The van der Waals surface area contributed by atoms with Gasteiger partial charge in [0, 0.05) is 12.1 Å². The molecule has 1 aliphatic heterocycles. The van der Waals surface area contributed by atoms with E-state index in [9.17, 15) is 14.7 Å². The fourth-order valence-electron chi connectivity index (χ4n) is 3.06. The Hall–Kier alpha value is -2.04. The van der Waals surface area contributed by atoms with Gasteiger partial charge in [0.2, 0.25) is 5.91 Å². The zero-order valence-corrected chi connectivity index (χ0v) is 11.8. The number of carboxylic acids is 1. The van der Waals surface area contributed by atoms with E-state index in [0.29, 0.717) is 25.9 Å².